The fraction of sp³-hybridized carbons (Fsp3) is 0.192. The Morgan fingerprint density at radius 3 is 2.18 bits per heavy atom. The summed E-state index contributed by atoms with van der Waals surface area (Å²) in [5, 5.41) is 0. The highest BCUT2D eigenvalue weighted by atomic mass is 16.2. The van der Waals surface area contributed by atoms with Gasteiger partial charge in [-0.3, -0.25) is 4.79 Å². The molecule has 0 radical (unpaired) electrons. The van der Waals surface area contributed by atoms with Gasteiger partial charge in [0.1, 0.15) is 0 Å². The zero-order valence-corrected chi connectivity index (χ0v) is 16.3. The number of carbonyl (C=O) groups is 1. The first kappa shape index (κ1) is 18.2. The maximum atomic E-state index is 13.6. The molecule has 0 N–H and O–H groups in total. The highest BCUT2D eigenvalue weighted by Crippen LogP contribution is 2.42. The first-order chi connectivity index (χ1) is 13.8. The van der Waals surface area contributed by atoms with Crippen molar-refractivity contribution >= 4 is 22.7 Å². The number of para-hydroxylation sites is 1. The second-order valence-electron chi connectivity index (χ2n) is 7.22. The number of carbonyl (C=O) groups excluding carboxylic acids is 1. The SMILES string of the molecule is CCCC/C(=C1/C(=O)N(Cc2ccccc2)c2ccccc21)c1ccccc1. The maximum Gasteiger partial charge on any atom is 0.259 e. The third kappa shape index (κ3) is 3.50. The van der Waals surface area contributed by atoms with Gasteiger partial charge < -0.3 is 4.90 Å². The molecule has 1 aliphatic rings. The number of anilines is 1. The maximum absolute atomic E-state index is 13.6. The van der Waals surface area contributed by atoms with E-state index in [0.29, 0.717) is 6.54 Å². The molecular formula is C26H25NO. The lowest BCUT2D eigenvalue weighted by Crippen LogP contribution is -2.26. The Kier molecular flexibility index (Phi) is 5.38. The van der Waals surface area contributed by atoms with Crippen LogP contribution in [0.5, 0.6) is 0 Å². The molecule has 4 rings (SSSR count). The third-order valence-electron chi connectivity index (χ3n) is 5.31. The van der Waals surface area contributed by atoms with Crippen molar-refractivity contribution in [2.75, 3.05) is 4.90 Å². The Bertz CT molecular complexity index is 989. The number of unbranched alkanes of at least 4 members (excludes halogenated alkanes) is 1. The minimum Gasteiger partial charge on any atom is -0.303 e. The number of hydrogen-bond acceptors (Lipinski definition) is 1. The van der Waals surface area contributed by atoms with Gasteiger partial charge >= 0.3 is 0 Å². The van der Waals surface area contributed by atoms with Gasteiger partial charge in [0.2, 0.25) is 0 Å². The van der Waals surface area contributed by atoms with Crippen LogP contribution in [0.3, 0.4) is 0 Å². The van der Waals surface area contributed by atoms with Gasteiger partial charge in [0, 0.05) is 5.56 Å². The van der Waals surface area contributed by atoms with Crippen LogP contribution in [-0.2, 0) is 11.3 Å². The number of allylic oxidation sites excluding steroid dienone is 1. The molecule has 0 saturated carbocycles. The number of fused-ring (bicyclic) bond motifs is 1. The summed E-state index contributed by atoms with van der Waals surface area (Å²) in [7, 11) is 0. The fourth-order valence-corrected chi connectivity index (χ4v) is 3.90. The average molecular weight is 367 g/mol. The predicted molar refractivity (Wildman–Crippen MR) is 117 cm³/mol. The van der Waals surface area contributed by atoms with Crippen molar-refractivity contribution in [3.8, 4) is 0 Å². The van der Waals surface area contributed by atoms with Crippen molar-refractivity contribution in [3.63, 3.8) is 0 Å². The van der Waals surface area contributed by atoms with Crippen LogP contribution in [0.1, 0.15) is 42.9 Å². The molecule has 0 aliphatic carbocycles. The van der Waals surface area contributed by atoms with Crippen LogP contribution in [0.15, 0.2) is 84.9 Å². The normalized spacial score (nSPS) is 14.9. The highest BCUT2D eigenvalue weighted by Gasteiger charge is 2.34. The zero-order valence-electron chi connectivity index (χ0n) is 16.3. The van der Waals surface area contributed by atoms with E-state index in [2.05, 4.69) is 55.5 Å². The standard InChI is InChI=1S/C26H25NO/c1-2-3-16-22(21-14-8-5-9-15-21)25-23-17-10-11-18-24(23)27(26(25)28)19-20-12-6-4-7-13-20/h4-15,17-18H,2-3,16,19H2,1H3/b25-22-. The van der Waals surface area contributed by atoms with Gasteiger partial charge in [-0.25, -0.2) is 0 Å². The molecule has 140 valence electrons. The number of rotatable bonds is 6. The van der Waals surface area contributed by atoms with E-state index in [-0.39, 0.29) is 5.91 Å². The Morgan fingerprint density at radius 2 is 1.46 bits per heavy atom. The Labute approximate surface area is 167 Å². The van der Waals surface area contributed by atoms with Crippen molar-refractivity contribution in [2.24, 2.45) is 0 Å². The monoisotopic (exact) mass is 367 g/mol. The Balaban J connectivity index is 1.83. The molecule has 1 amide bonds. The van der Waals surface area contributed by atoms with E-state index in [0.717, 1.165) is 52.8 Å². The summed E-state index contributed by atoms with van der Waals surface area (Å²) in [5.41, 5.74) is 6.38. The zero-order chi connectivity index (χ0) is 19.3. The molecule has 3 aromatic carbocycles. The summed E-state index contributed by atoms with van der Waals surface area (Å²) >= 11 is 0. The summed E-state index contributed by atoms with van der Waals surface area (Å²) in [5.74, 6) is 0.111. The van der Waals surface area contributed by atoms with E-state index in [1.54, 1.807) is 0 Å². The van der Waals surface area contributed by atoms with Gasteiger partial charge in [-0.05, 0) is 35.6 Å². The van der Waals surface area contributed by atoms with Crippen molar-refractivity contribution < 1.29 is 4.79 Å². The summed E-state index contributed by atoms with van der Waals surface area (Å²) in [6.07, 6.45) is 3.09. The van der Waals surface area contributed by atoms with Crippen LogP contribution in [0, 0.1) is 0 Å². The minimum absolute atomic E-state index is 0.111. The number of nitrogens with zero attached hydrogens (tertiary/aromatic N) is 1. The van der Waals surface area contributed by atoms with Crippen molar-refractivity contribution in [1.82, 2.24) is 0 Å². The molecule has 1 heterocycles. The van der Waals surface area contributed by atoms with Crippen molar-refractivity contribution in [3.05, 3.63) is 102 Å². The third-order valence-corrected chi connectivity index (χ3v) is 5.31. The van der Waals surface area contributed by atoms with Gasteiger partial charge in [0.05, 0.1) is 17.8 Å². The summed E-state index contributed by atoms with van der Waals surface area (Å²) in [6.45, 7) is 2.79. The van der Waals surface area contributed by atoms with E-state index < -0.39 is 0 Å². The summed E-state index contributed by atoms with van der Waals surface area (Å²) in [4.78, 5) is 15.5. The molecule has 0 saturated heterocycles. The topological polar surface area (TPSA) is 20.3 Å². The summed E-state index contributed by atoms with van der Waals surface area (Å²) in [6, 6.07) is 28.8. The number of benzene rings is 3. The molecule has 0 spiro atoms. The lowest BCUT2D eigenvalue weighted by Gasteiger charge is -2.17. The first-order valence-electron chi connectivity index (χ1n) is 10.0. The highest BCUT2D eigenvalue weighted by molar-refractivity contribution is 6.37. The summed E-state index contributed by atoms with van der Waals surface area (Å²) < 4.78 is 0. The molecule has 1 aliphatic heterocycles. The van der Waals surface area contributed by atoms with Crippen LogP contribution in [0.4, 0.5) is 5.69 Å². The Morgan fingerprint density at radius 1 is 0.821 bits per heavy atom. The lowest BCUT2D eigenvalue weighted by molar-refractivity contribution is -0.113. The van der Waals surface area contributed by atoms with Gasteiger partial charge in [-0.1, -0.05) is 92.2 Å². The number of amides is 1. The van der Waals surface area contributed by atoms with Crippen LogP contribution in [0.2, 0.25) is 0 Å². The van der Waals surface area contributed by atoms with Gasteiger partial charge in [-0.15, -0.1) is 0 Å². The van der Waals surface area contributed by atoms with E-state index in [1.807, 2.05) is 41.3 Å². The second kappa shape index (κ2) is 8.26. The molecule has 2 heteroatoms. The van der Waals surface area contributed by atoms with Crippen LogP contribution >= 0.6 is 0 Å². The molecule has 0 fully saturated rings. The molecule has 0 unspecified atom stereocenters. The van der Waals surface area contributed by atoms with Gasteiger partial charge in [-0.2, -0.15) is 0 Å². The molecule has 0 aromatic heterocycles. The second-order valence-corrected chi connectivity index (χ2v) is 7.22. The van der Waals surface area contributed by atoms with Crippen LogP contribution in [-0.4, -0.2) is 5.91 Å². The van der Waals surface area contributed by atoms with E-state index in [4.69, 9.17) is 0 Å². The molecule has 0 bridgehead atoms. The smallest absolute Gasteiger partial charge is 0.259 e. The fourth-order valence-electron chi connectivity index (χ4n) is 3.90. The molecule has 0 atom stereocenters. The Hall–Kier alpha value is -3.13. The van der Waals surface area contributed by atoms with E-state index in [1.165, 1.54) is 0 Å². The molecule has 3 aromatic rings. The van der Waals surface area contributed by atoms with Crippen LogP contribution in [0.25, 0.3) is 11.1 Å². The number of hydrogen-bond donors (Lipinski definition) is 0. The molecule has 2 nitrogen and oxygen atoms in total. The largest absolute Gasteiger partial charge is 0.303 e. The quantitative estimate of drug-likeness (QED) is 0.466. The minimum atomic E-state index is 0.111. The van der Waals surface area contributed by atoms with Gasteiger partial charge in [0.15, 0.2) is 0 Å². The molecule has 28 heavy (non-hydrogen) atoms. The van der Waals surface area contributed by atoms with E-state index in [9.17, 15) is 4.79 Å². The molecular weight excluding hydrogens is 342 g/mol. The average Bonchev–Trinajstić information content (AvgIpc) is 3.02. The van der Waals surface area contributed by atoms with Crippen molar-refractivity contribution in [1.29, 1.82) is 0 Å². The van der Waals surface area contributed by atoms with Crippen LogP contribution < -0.4 is 4.90 Å². The lowest BCUT2D eigenvalue weighted by atomic mass is 9.92. The first-order valence-corrected chi connectivity index (χ1v) is 10.0. The van der Waals surface area contributed by atoms with Gasteiger partial charge in [0.25, 0.3) is 5.91 Å². The van der Waals surface area contributed by atoms with E-state index >= 15 is 0 Å². The van der Waals surface area contributed by atoms with Crippen molar-refractivity contribution in [2.45, 2.75) is 32.7 Å². The predicted octanol–water partition coefficient (Wildman–Crippen LogP) is 6.33.